The smallest absolute Gasteiger partial charge is 0.499 e. The molecule has 0 fully saturated rings. The second-order valence-electron chi connectivity index (χ2n) is 2.94. The van der Waals surface area contributed by atoms with Gasteiger partial charge in [-0.25, -0.2) is 0 Å². The maximum atomic E-state index is 9.57. The number of anilines is 1. The van der Waals surface area contributed by atoms with Gasteiger partial charge in [-0.2, -0.15) is 0 Å². The van der Waals surface area contributed by atoms with Gasteiger partial charge in [-0.15, -0.1) is 11.3 Å². The van der Waals surface area contributed by atoms with E-state index < -0.39 is 7.12 Å². The average Bonchev–Trinajstić information content (AvgIpc) is 2.56. The summed E-state index contributed by atoms with van der Waals surface area (Å²) in [4.78, 5) is 0. The first kappa shape index (κ1) is 9.33. The standard InChI is InChI=1S/C8H8BNO3S/c10-5-1-2-6-4(8(5)11)3-7(14-6)9(12)13/h1-3,11-13H,10H2. The van der Waals surface area contributed by atoms with Crippen LogP contribution in [0.3, 0.4) is 0 Å². The number of phenolic OH excluding ortho intramolecular Hbond substituents is 1. The van der Waals surface area contributed by atoms with E-state index in [9.17, 15) is 5.11 Å². The highest BCUT2D eigenvalue weighted by Gasteiger charge is 2.16. The Balaban J connectivity index is 2.71. The molecule has 0 atom stereocenters. The SMILES string of the molecule is Nc1ccc2sc(B(O)O)cc2c1O. The van der Waals surface area contributed by atoms with Gasteiger partial charge in [0.05, 0.1) is 5.69 Å². The Morgan fingerprint density at radius 1 is 1.29 bits per heavy atom. The Morgan fingerprint density at radius 2 is 2.00 bits per heavy atom. The summed E-state index contributed by atoms with van der Waals surface area (Å²) in [6.07, 6.45) is 0. The predicted molar refractivity (Wildman–Crippen MR) is 57.7 cm³/mol. The van der Waals surface area contributed by atoms with Crippen LogP contribution in [0.1, 0.15) is 0 Å². The third kappa shape index (κ3) is 1.33. The molecule has 0 radical (unpaired) electrons. The van der Waals surface area contributed by atoms with Crippen molar-refractivity contribution in [2.75, 3.05) is 5.73 Å². The zero-order valence-electron chi connectivity index (χ0n) is 7.14. The molecular weight excluding hydrogens is 201 g/mol. The highest BCUT2D eigenvalue weighted by Crippen LogP contribution is 2.32. The molecule has 4 nitrogen and oxygen atoms in total. The highest BCUT2D eigenvalue weighted by molar-refractivity contribution is 7.27. The van der Waals surface area contributed by atoms with Crippen LogP contribution in [0.25, 0.3) is 10.1 Å². The molecule has 0 amide bonds. The monoisotopic (exact) mass is 209 g/mol. The summed E-state index contributed by atoms with van der Waals surface area (Å²) >= 11 is 1.21. The lowest BCUT2D eigenvalue weighted by Crippen LogP contribution is -2.26. The first-order valence-corrected chi connectivity index (χ1v) is 4.78. The molecule has 6 heteroatoms. The fourth-order valence-electron chi connectivity index (χ4n) is 1.26. The summed E-state index contributed by atoms with van der Waals surface area (Å²) in [5.74, 6) is -0.00866. The van der Waals surface area contributed by atoms with E-state index in [0.29, 0.717) is 10.2 Å². The summed E-state index contributed by atoms with van der Waals surface area (Å²) in [5.41, 5.74) is 5.79. The molecule has 0 saturated heterocycles. The zero-order chi connectivity index (χ0) is 10.3. The maximum Gasteiger partial charge on any atom is 0.499 e. The molecule has 1 heterocycles. The molecule has 0 spiro atoms. The van der Waals surface area contributed by atoms with Gasteiger partial charge >= 0.3 is 7.12 Å². The van der Waals surface area contributed by atoms with Crippen molar-refractivity contribution >= 4 is 39.0 Å². The van der Waals surface area contributed by atoms with E-state index in [0.717, 1.165) is 4.70 Å². The molecule has 0 aliphatic carbocycles. The molecule has 0 saturated carbocycles. The van der Waals surface area contributed by atoms with Gasteiger partial charge in [-0.3, -0.25) is 0 Å². The second kappa shape index (κ2) is 3.16. The van der Waals surface area contributed by atoms with Crippen LogP contribution < -0.4 is 10.5 Å². The Hall–Kier alpha value is -1.24. The molecule has 0 bridgehead atoms. The summed E-state index contributed by atoms with van der Waals surface area (Å²) in [5, 5.41) is 28.0. The van der Waals surface area contributed by atoms with Gasteiger partial charge in [-0.05, 0) is 18.2 Å². The molecule has 2 aromatic rings. The van der Waals surface area contributed by atoms with E-state index in [1.54, 1.807) is 12.1 Å². The lowest BCUT2D eigenvalue weighted by molar-refractivity contribution is 0.427. The Morgan fingerprint density at radius 3 is 2.64 bits per heavy atom. The molecule has 5 N–H and O–H groups in total. The zero-order valence-corrected chi connectivity index (χ0v) is 7.95. The van der Waals surface area contributed by atoms with Crippen molar-refractivity contribution in [1.82, 2.24) is 0 Å². The molecule has 1 aromatic carbocycles. The Bertz CT molecular complexity index is 483. The van der Waals surface area contributed by atoms with Crippen LogP contribution in [0, 0.1) is 0 Å². The molecule has 0 unspecified atom stereocenters. The highest BCUT2D eigenvalue weighted by atomic mass is 32.1. The number of rotatable bonds is 1. The molecule has 14 heavy (non-hydrogen) atoms. The van der Waals surface area contributed by atoms with Crippen LogP contribution in [0.4, 0.5) is 5.69 Å². The van der Waals surface area contributed by atoms with Gasteiger partial charge in [-0.1, -0.05) is 0 Å². The van der Waals surface area contributed by atoms with Gasteiger partial charge < -0.3 is 20.9 Å². The van der Waals surface area contributed by atoms with Crippen molar-refractivity contribution in [3.05, 3.63) is 18.2 Å². The molecule has 0 aliphatic heterocycles. The predicted octanol–water partition coefficient (Wildman–Crippen LogP) is -0.131. The van der Waals surface area contributed by atoms with Crippen molar-refractivity contribution in [1.29, 1.82) is 0 Å². The summed E-state index contributed by atoms with van der Waals surface area (Å²) in [6.45, 7) is 0. The molecule has 1 aromatic heterocycles. The third-order valence-electron chi connectivity index (χ3n) is 1.98. The maximum absolute atomic E-state index is 9.57. The van der Waals surface area contributed by atoms with Crippen molar-refractivity contribution < 1.29 is 15.2 Å². The number of nitrogens with two attached hydrogens (primary N) is 1. The van der Waals surface area contributed by atoms with Crippen molar-refractivity contribution in [3.63, 3.8) is 0 Å². The number of phenols is 1. The van der Waals surface area contributed by atoms with Crippen LogP contribution in [0.15, 0.2) is 18.2 Å². The quantitative estimate of drug-likeness (QED) is 0.299. The van der Waals surface area contributed by atoms with Crippen LogP contribution >= 0.6 is 11.3 Å². The van der Waals surface area contributed by atoms with Crippen LogP contribution in [-0.2, 0) is 0 Å². The fourth-order valence-corrected chi connectivity index (χ4v) is 2.20. The van der Waals surface area contributed by atoms with E-state index in [-0.39, 0.29) is 11.4 Å². The van der Waals surface area contributed by atoms with Gasteiger partial charge in [0, 0.05) is 14.9 Å². The normalized spacial score (nSPS) is 10.7. The average molecular weight is 209 g/mol. The number of hydrogen-bond acceptors (Lipinski definition) is 5. The van der Waals surface area contributed by atoms with E-state index in [4.69, 9.17) is 15.8 Å². The third-order valence-corrected chi connectivity index (χ3v) is 3.12. The molecule has 2 rings (SSSR count). The van der Waals surface area contributed by atoms with Crippen LogP contribution in [0.2, 0.25) is 0 Å². The summed E-state index contributed by atoms with van der Waals surface area (Å²) < 4.78 is 1.17. The number of thiophene rings is 1. The molecule has 0 aliphatic rings. The van der Waals surface area contributed by atoms with Crippen molar-refractivity contribution in [2.24, 2.45) is 0 Å². The van der Waals surface area contributed by atoms with E-state index in [1.165, 1.54) is 17.4 Å². The number of nitrogen functional groups attached to an aromatic ring is 1. The van der Waals surface area contributed by atoms with Crippen LogP contribution in [0.5, 0.6) is 5.75 Å². The number of fused-ring (bicyclic) bond motifs is 1. The fraction of sp³-hybridized carbons (Fsp3) is 0. The van der Waals surface area contributed by atoms with Crippen LogP contribution in [-0.4, -0.2) is 22.3 Å². The van der Waals surface area contributed by atoms with Crippen molar-refractivity contribution in [3.8, 4) is 5.75 Å². The summed E-state index contributed by atoms with van der Waals surface area (Å²) in [7, 11) is -1.51. The van der Waals surface area contributed by atoms with Gasteiger partial charge in [0.25, 0.3) is 0 Å². The first-order valence-electron chi connectivity index (χ1n) is 3.96. The van der Waals surface area contributed by atoms with Gasteiger partial charge in [0.2, 0.25) is 0 Å². The molecule has 72 valence electrons. The number of hydrogen-bond donors (Lipinski definition) is 4. The van der Waals surface area contributed by atoms with Gasteiger partial charge in [0.1, 0.15) is 5.75 Å². The second-order valence-corrected chi connectivity index (χ2v) is 4.05. The van der Waals surface area contributed by atoms with E-state index in [2.05, 4.69) is 0 Å². The minimum absolute atomic E-state index is 0.00866. The van der Waals surface area contributed by atoms with Crippen molar-refractivity contribution in [2.45, 2.75) is 0 Å². The Kier molecular flexibility index (Phi) is 2.11. The number of benzene rings is 1. The van der Waals surface area contributed by atoms with E-state index in [1.807, 2.05) is 0 Å². The lowest BCUT2D eigenvalue weighted by atomic mass is 9.89. The largest absolute Gasteiger partial charge is 0.505 e. The summed E-state index contributed by atoms with van der Waals surface area (Å²) in [6, 6.07) is 4.85. The topological polar surface area (TPSA) is 86.7 Å². The van der Waals surface area contributed by atoms with Gasteiger partial charge in [0.15, 0.2) is 0 Å². The minimum atomic E-state index is -1.51. The Labute approximate surface area is 84.4 Å². The first-order chi connectivity index (χ1) is 6.59. The van der Waals surface area contributed by atoms with E-state index >= 15 is 0 Å². The number of aromatic hydroxyl groups is 1. The lowest BCUT2D eigenvalue weighted by Gasteiger charge is -1.97. The molecular formula is C8H8BNO3S. The minimum Gasteiger partial charge on any atom is -0.505 e.